The van der Waals surface area contributed by atoms with Crippen LogP contribution in [-0.2, 0) is 17.8 Å². The molecular weight excluding hydrogens is 354 g/mol. The van der Waals surface area contributed by atoms with Crippen molar-refractivity contribution < 1.29 is 9.90 Å². The fourth-order valence-corrected chi connectivity index (χ4v) is 3.35. The highest BCUT2D eigenvalue weighted by molar-refractivity contribution is 5.77. The second-order valence-corrected chi connectivity index (χ2v) is 7.32. The highest BCUT2D eigenvalue weighted by Crippen LogP contribution is 2.20. The van der Waals surface area contributed by atoms with Gasteiger partial charge in [-0.15, -0.1) is 0 Å². The summed E-state index contributed by atoms with van der Waals surface area (Å²) in [5.41, 5.74) is 3.00. The molecule has 2 heterocycles. The quantitative estimate of drug-likeness (QED) is 0.589. The van der Waals surface area contributed by atoms with Gasteiger partial charge in [0, 0.05) is 25.0 Å². The van der Waals surface area contributed by atoms with Gasteiger partial charge in [-0.2, -0.15) is 0 Å². The summed E-state index contributed by atoms with van der Waals surface area (Å²) in [5.74, 6) is -0.187. The lowest BCUT2D eigenvalue weighted by molar-refractivity contribution is -0.122. The third-order valence-corrected chi connectivity index (χ3v) is 4.62. The molecule has 28 heavy (non-hydrogen) atoms. The number of carbonyl (C=O) groups excluding carboxylic acids is 1. The molecule has 0 aliphatic rings. The van der Waals surface area contributed by atoms with Crippen molar-refractivity contribution in [2.45, 2.75) is 45.7 Å². The van der Waals surface area contributed by atoms with E-state index in [4.69, 9.17) is 5.11 Å². The lowest BCUT2D eigenvalue weighted by Gasteiger charge is -2.15. The summed E-state index contributed by atoms with van der Waals surface area (Å²) in [5, 5.41) is 11.8. The maximum Gasteiger partial charge on any atom is 0.275 e. The number of amides is 1. The number of carbonyl (C=O) groups is 1. The van der Waals surface area contributed by atoms with Crippen LogP contribution in [0.3, 0.4) is 0 Å². The van der Waals surface area contributed by atoms with Gasteiger partial charge in [0.05, 0.1) is 5.69 Å². The molecule has 3 aromatic rings. The Kier molecular flexibility index (Phi) is 6.31. The van der Waals surface area contributed by atoms with Crippen LogP contribution in [0.2, 0.25) is 0 Å². The van der Waals surface area contributed by atoms with Gasteiger partial charge >= 0.3 is 0 Å². The van der Waals surface area contributed by atoms with E-state index < -0.39 is 0 Å². The van der Waals surface area contributed by atoms with Crippen LogP contribution < -0.4 is 10.9 Å². The minimum Gasteiger partial charge on any atom is -0.396 e. The van der Waals surface area contributed by atoms with E-state index in [1.54, 1.807) is 4.57 Å². The number of aryl methyl sites for hydroxylation is 1. The van der Waals surface area contributed by atoms with Gasteiger partial charge in [-0.25, -0.2) is 0 Å². The van der Waals surface area contributed by atoms with Crippen LogP contribution in [0, 0.1) is 0 Å². The number of aliphatic hydroxyl groups excluding tert-OH is 1. The number of rotatable bonds is 8. The average molecular weight is 381 g/mol. The molecule has 2 aromatic heterocycles. The van der Waals surface area contributed by atoms with Crippen LogP contribution >= 0.6 is 0 Å². The molecule has 0 saturated heterocycles. The second kappa shape index (κ2) is 8.89. The van der Waals surface area contributed by atoms with Crippen molar-refractivity contribution >= 4 is 11.4 Å². The van der Waals surface area contributed by atoms with Crippen LogP contribution in [0.25, 0.3) is 16.8 Å². The molecule has 6 heteroatoms. The molecule has 1 amide bonds. The van der Waals surface area contributed by atoms with Crippen LogP contribution in [0.1, 0.15) is 32.3 Å². The highest BCUT2D eigenvalue weighted by Gasteiger charge is 2.15. The SMILES string of the molecule is CC(C)NC(=O)Cn1c(-c2ccccc2)cn2cc(CCCCO)cc2c1=O. The van der Waals surface area contributed by atoms with E-state index in [0.29, 0.717) is 11.2 Å². The molecule has 0 bridgehead atoms. The number of benzene rings is 1. The number of hydrogen-bond acceptors (Lipinski definition) is 3. The third-order valence-electron chi connectivity index (χ3n) is 4.62. The minimum atomic E-state index is -0.187. The van der Waals surface area contributed by atoms with Crippen LogP contribution in [-0.4, -0.2) is 32.6 Å². The molecule has 148 valence electrons. The average Bonchev–Trinajstić information content (AvgIpc) is 3.07. The van der Waals surface area contributed by atoms with Crippen molar-refractivity contribution in [3.8, 4) is 11.3 Å². The van der Waals surface area contributed by atoms with Gasteiger partial charge in [0.15, 0.2) is 0 Å². The van der Waals surface area contributed by atoms with Crippen LogP contribution in [0.5, 0.6) is 0 Å². The predicted octanol–water partition coefficient (Wildman–Crippen LogP) is 2.61. The Bertz CT molecular complexity index is 1000. The predicted molar refractivity (Wildman–Crippen MR) is 110 cm³/mol. The zero-order valence-corrected chi connectivity index (χ0v) is 16.4. The summed E-state index contributed by atoms with van der Waals surface area (Å²) < 4.78 is 3.38. The Morgan fingerprint density at radius 3 is 2.57 bits per heavy atom. The third kappa shape index (κ3) is 4.51. The van der Waals surface area contributed by atoms with Gasteiger partial charge in [0.2, 0.25) is 5.91 Å². The summed E-state index contributed by atoms with van der Waals surface area (Å²) in [6.07, 6.45) is 6.27. The normalized spacial score (nSPS) is 11.3. The van der Waals surface area contributed by atoms with E-state index in [9.17, 15) is 9.59 Å². The zero-order chi connectivity index (χ0) is 20.1. The molecule has 3 rings (SSSR count). The fraction of sp³-hybridized carbons (Fsp3) is 0.364. The lowest BCUT2D eigenvalue weighted by atomic mass is 10.1. The van der Waals surface area contributed by atoms with Crippen molar-refractivity contribution in [2.24, 2.45) is 0 Å². The Balaban J connectivity index is 2.07. The Morgan fingerprint density at radius 2 is 1.89 bits per heavy atom. The summed E-state index contributed by atoms with van der Waals surface area (Å²) in [7, 11) is 0. The molecule has 0 spiro atoms. The molecule has 0 aliphatic heterocycles. The van der Waals surface area contributed by atoms with E-state index in [1.165, 1.54) is 0 Å². The van der Waals surface area contributed by atoms with E-state index in [2.05, 4.69) is 5.32 Å². The monoisotopic (exact) mass is 381 g/mol. The standard InChI is InChI=1S/C22H27N3O3/c1-16(2)23-21(27)15-25-20(18-9-4-3-5-10-18)14-24-13-17(8-6-7-11-26)12-19(24)22(25)28/h3-5,9-10,12-14,16,26H,6-8,11,15H2,1-2H3,(H,23,27). The van der Waals surface area contributed by atoms with Crippen molar-refractivity contribution in [3.63, 3.8) is 0 Å². The number of unbranched alkanes of at least 4 members (excludes halogenated alkanes) is 1. The number of nitrogens with one attached hydrogen (secondary N) is 1. The van der Waals surface area contributed by atoms with E-state index in [-0.39, 0.29) is 30.7 Å². The summed E-state index contributed by atoms with van der Waals surface area (Å²) in [4.78, 5) is 25.6. The minimum absolute atomic E-state index is 0.0125. The van der Waals surface area contributed by atoms with Gasteiger partial charge in [-0.3, -0.25) is 14.2 Å². The molecule has 6 nitrogen and oxygen atoms in total. The second-order valence-electron chi connectivity index (χ2n) is 7.32. The van der Waals surface area contributed by atoms with Crippen LogP contribution in [0.15, 0.2) is 53.6 Å². The van der Waals surface area contributed by atoms with Crippen molar-refractivity contribution in [1.82, 2.24) is 14.3 Å². The molecule has 0 aliphatic carbocycles. The number of nitrogens with zero attached hydrogens (tertiary/aromatic N) is 2. The first-order valence-corrected chi connectivity index (χ1v) is 9.69. The van der Waals surface area contributed by atoms with E-state index >= 15 is 0 Å². The molecule has 0 radical (unpaired) electrons. The van der Waals surface area contributed by atoms with Gasteiger partial charge in [0.25, 0.3) is 5.56 Å². The number of aromatic nitrogens is 2. The van der Waals surface area contributed by atoms with Gasteiger partial charge < -0.3 is 14.8 Å². The number of hydrogen-bond donors (Lipinski definition) is 2. The zero-order valence-electron chi connectivity index (χ0n) is 16.4. The summed E-state index contributed by atoms with van der Waals surface area (Å²) >= 11 is 0. The summed E-state index contributed by atoms with van der Waals surface area (Å²) in [6, 6.07) is 11.5. The Hall–Kier alpha value is -2.86. The van der Waals surface area contributed by atoms with Gasteiger partial charge in [-0.1, -0.05) is 30.3 Å². The topological polar surface area (TPSA) is 75.7 Å². The van der Waals surface area contributed by atoms with Crippen molar-refractivity contribution in [2.75, 3.05) is 6.61 Å². The van der Waals surface area contributed by atoms with E-state index in [1.807, 2.05) is 67.0 Å². The van der Waals surface area contributed by atoms with E-state index in [0.717, 1.165) is 30.4 Å². The molecule has 0 unspecified atom stereocenters. The highest BCUT2D eigenvalue weighted by atomic mass is 16.3. The number of aliphatic hydroxyl groups is 1. The molecule has 2 N–H and O–H groups in total. The van der Waals surface area contributed by atoms with Crippen molar-refractivity contribution in [3.05, 3.63) is 64.7 Å². The molecule has 0 saturated carbocycles. The first-order chi connectivity index (χ1) is 13.5. The Labute approximate surface area is 164 Å². The molecule has 0 fully saturated rings. The molecular formula is C22H27N3O3. The molecule has 0 atom stereocenters. The summed E-state index contributed by atoms with van der Waals surface area (Å²) in [6.45, 7) is 3.94. The van der Waals surface area contributed by atoms with Gasteiger partial charge in [-0.05, 0) is 50.3 Å². The maximum absolute atomic E-state index is 13.2. The molecule has 1 aromatic carbocycles. The Morgan fingerprint density at radius 1 is 1.14 bits per heavy atom. The largest absolute Gasteiger partial charge is 0.396 e. The number of fused-ring (bicyclic) bond motifs is 1. The first kappa shape index (κ1) is 19.9. The first-order valence-electron chi connectivity index (χ1n) is 9.69. The fourth-order valence-electron chi connectivity index (χ4n) is 3.35. The maximum atomic E-state index is 13.2. The smallest absolute Gasteiger partial charge is 0.275 e. The lowest BCUT2D eigenvalue weighted by Crippen LogP contribution is -2.36. The van der Waals surface area contributed by atoms with Gasteiger partial charge in [0.1, 0.15) is 12.1 Å². The van der Waals surface area contributed by atoms with Crippen molar-refractivity contribution in [1.29, 1.82) is 0 Å². The van der Waals surface area contributed by atoms with Crippen LogP contribution in [0.4, 0.5) is 0 Å².